The van der Waals surface area contributed by atoms with Crippen molar-refractivity contribution in [3.8, 4) is 5.75 Å². The minimum absolute atomic E-state index is 0.311. The molecule has 0 saturated carbocycles. The minimum Gasteiger partial charge on any atom is -0.490 e. The van der Waals surface area contributed by atoms with E-state index in [0.717, 1.165) is 49.5 Å². The molecule has 1 rings (SSSR count). The lowest BCUT2D eigenvalue weighted by Gasteiger charge is -2.16. The van der Waals surface area contributed by atoms with Crippen LogP contribution in [0.15, 0.2) is 18.2 Å². The van der Waals surface area contributed by atoms with Crippen molar-refractivity contribution in [3.63, 3.8) is 0 Å². The van der Waals surface area contributed by atoms with Crippen LogP contribution in [0.4, 0.5) is 0 Å². The van der Waals surface area contributed by atoms with Gasteiger partial charge in [-0.05, 0) is 44.4 Å². The molecule has 120 valence electrons. The van der Waals surface area contributed by atoms with E-state index in [4.69, 9.17) is 9.47 Å². The lowest BCUT2D eigenvalue weighted by atomic mass is 10.1. The van der Waals surface area contributed by atoms with E-state index in [1.54, 1.807) is 0 Å². The third-order valence-electron chi connectivity index (χ3n) is 3.20. The quantitative estimate of drug-likeness (QED) is 0.616. The maximum absolute atomic E-state index is 9.91. The number of benzene rings is 1. The molecule has 1 atom stereocenters. The van der Waals surface area contributed by atoms with Gasteiger partial charge in [0.25, 0.3) is 0 Å². The van der Waals surface area contributed by atoms with Crippen molar-refractivity contribution in [3.05, 3.63) is 29.3 Å². The van der Waals surface area contributed by atoms with Crippen LogP contribution in [0.1, 0.15) is 30.9 Å². The topological polar surface area (TPSA) is 50.7 Å². The van der Waals surface area contributed by atoms with E-state index in [2.05, 4.69) is 12.2 Å². The lowest BCUT2D eigenvalue weighted by molar-refractivity contribution is 0.103. The zero-order chi connectivity index (χ0) is 15.5. The van der Waals surface area contributed by atoms with E-state index in [9.17, 15) is 5.11 Å². The summed E-state index contributed by atoms with van der Waals surface area (Å²) in [5, 5.41) is 13.1. The van der Waals surface area contributed by atoms with Gasteiger partial charge in [0.05, 0.1) is 0 Å². The van der Waals surface area contributed by atoms with Gasteiger partial charge in [-0.3, -0.25) is 0 Å². The molecule has 2 N–H and O–H groups in total. The third-order valence-corrected chi connectivity index (χ3v) is 3.20. The van der Waals surface area contributed by atoms with E-state index in [1.165, 1.54) is 0 Å². The summed E-state index contributed by atoms with van der Waals surface area (Å²) in [7, 11) is 0. The second-order valence-electron chi connectivity index (χ2n) is 5.36. The highest BCUT2D eigenvalue weighted by atomic mass is 16.5. The Balaban J connectivity index is 2.12. The first-order valence-corrected chi connectivity index (χ1v) is 7.80. The van der Waals surface area contributed by atoms with Crippen LogP contribution in [-0.4, -0.2) is 44.1 Å². The van der Waals surface area contributed by atoms with Crippen molar-refractivity contribution in [2.45, 2.75) is 39.7 Å². The Morgan fingerprint density at radius 3 is 2.57 bits per heavy atom. The molecule has 1 aromatic rings. The van der Waals surface area contributed by atoms with Gasteiger partial charge in [-0.25, -0.2) is 0 Å². The Bertz CT molecular complexity index is 375. The Kier molecular flexibility index (Phi) is 9.06. The van der Waals surface area contributed by atoms with Crippen molar-refractivity contribution in [1.29, 1.82) is 0 Å². The molecule has 1 aromatic carbocycles. The maximum Gasteiger partial charge on any atom is 0.125 e. The average Bonchev–Trinajstić information content (AvgIpc) is 2.46. The molecule has 0 fully saturated rings. The SMILES string of the molecule is CCCOCCCNCC(O)COc1c(C)cccc1C. The predicted molar refractivity (Wildman–Crippen MR) is 86.0 cm³/mol. The zero-order valence-electron chi connectivity index (χ0n) is 13.5. The summed E-state index contributed by atoms with van der Waals surface area (Å²) in [6, 6.07) is 6.04. The monoisotopic (exact) mass is 295 g/mol. The van der Waals surface area contributed by atoms with Gasteiger partial charge in [-0.2, -0.15) is 0 Å². The highest BCUT2D eigenvalue weighted by Crippen LogP contribution is 2.22. The van der Waals surface area contributed by atoms with Crippen LogP contribution < -0.4 is 10.1 Å². The molecule has 4 nitrogen and oxygen atoms in total. The lowest BCUT2D eigenvalue weighted by Crippen LogP contribution is -2.32. The van der Waals surface area contributed by atoms with Crippen molar-refractivity contribution < 1.29 is 14.6 Å². The van der Waals surface area contributed by atoms with Gasteiger partial charge in [-0.15, -0.1) is 0 Å². The van der Waals surface area contributed by atoms with Gasteiger partial charge in [0.1, 0.15) is 18.5 Å². The number of rotatable bonds is 11. The Hall–Kier alpha value is -1.10. The van der Waals surface area contributed by atoms with Gasteiger partial charge >= 0.3 is 0 Å². The number of para-hydroxylation sites is 1. The number of hydrogen-bond donors (Lipinski definition) is 2. The van der Waals surface area contributed by atoms with Crippen LogP contribution in [0, 0.1) is 13.8 Å². The Labute approximate surface area is 128 Å². The van der Waals surface area contributed by atoms with Crippen LogP contribution in [0.3, 0.4) is 0 Å². The number of ether oxygens (including phenoxy) is 2. The zero-order valence-corrected chi connectivity index (χ0v) is 13.5. The summed E-state index contributed by atoms with van der Waals surface area (Å²) in [5.41, 5.74) is 2.20. The normalized spacial score (nSPS) is 12.4. The van der Waals surface area contributed by atoms with Gasteiger partial charge < -0.3 is 19.9 Å². The smallest absolute Gasteiger partial charge is 0.125 e. The van der Waals surface area contributed by atoms with Crippen molar-refractivity contribution in [1.82, 2.24) is 5.32 Å². The molecule has 4 heteroatoms. The molecule has 0 aliphatic rings. The number of aryl methyl sites for hydroxylation is 2. The molecule has 1 unspecified atom stereocenters. The molecular formula is C17H29NO3. The fraction of sp³-hybridized carbons (Fsp3) is 0.647. The summed E-state index contributed by atoms with van der Waals surface area (Å²) < 4.78 is 11.1. The first kappa shape index (κ1) is 18.0. The summed E-state index contributed by atoms with van der Waals surface area (Å²) in [6.07, 6.45) is 1.52. The van der Waals surface area contributed by atoms with Gasteiger partial charge in [0, 0.05) is 19.8 Å². The second-order valence-corrected chi connectivity index (χ2v) is 5.36. The molecule has 0 saturated heterocycles. The molecule has 0 radical (unpaired) electrons. The highest BCUT2D eigenvalue weighted by Gasteiger charge is 2.08. The molecule has 0 aromatic heterocycles. The van der Waals surface area contributed by atoms with Crippen LogP contribution in [-0.2, 0) is 4.74 Å². The van der Waals surface area contributed by atoms with Gasteiger partial charge in [-0.1, -0.05) is 25.1 Å². The van der Waals surface area contributed by atoms with Crippen molar-refractivity contribution in [2.24, 2.45) is 0 Å². The molecule has 0 spiro atoms. The van der Waals surface area contributed by atoms with Gasteiger partial charge in [0.15, 0.2) is 0 Å². The molecule has 0 aliphatic heterocycles. The second kappa shape index (κ2) is 10.6. The number of aliphatic hydroxyl groups excluding tert-OH is 1. The Morgan fingerprint density at radius 1 is 1.19 bits per heavy atom. The van der Waals surface area contributed by atoms with Crippen molar-refractivity contribution >= 4 is 0 Å². The summed E-state index contributed by atoms with van der Waals surface area (Å²) in [5.74, 6) is 0.879. The molecular weight excluding hydrogens is 266 g/mol. The molecule has 0 amide bonds. The fourth-order valence-electron chi connectivity index (χ4n) is 2.08. The van der Waals surface area contributed by atoms with E-state index < -0.39 is 6.10 Å². The third kappa shape index (κ3) is 7.46. The van der Waals surface area contributed by atoms with E-state index >= 15 is 0 Å². The van der Waals surface area contributed by atoms with Crippen LogP contribution in [0.5, 0.6) is 5.75 Å². The number of aliphatic hydroxyl groups is 1. The largest absolute Gasteiger partial charge is 0.490 e. The van der Waals surface area contributed by atoms with E-state index in [-0.39, 0.29) is 0 Å². The highest BCUT2D eigenvalue weighted by molar-refractivity contribution is 5.39. The van der Waals surface area contributed by atoms with Crippen LogP contribution >= 0.6 is 0 Å². The van der Waals surface area contributed by atoms with E-state index in [1.807, 2.05) is 32.0 Å². The minimum atomic E-state index is -0.499. The Morgan fingerprint density at radius 2 is 1.90 bits per heavy atom. The van der Waals surface area contributed by atoms with Gasteiger partial charge in [0.2, 0.25) is 0 Å². The summed E-state index contributed by atoms with van der Waals surface area (Å²) in [4.78, 5) is 0. The molecule has 0 bridgehead atoms. The van der Waals surface area contributed by atoms with Crippen molar-refractivity contribution in [2.75, 3.05) is 32.9 Å². The number of hydrogen-bond acceptors (Lipinski definition) is 4. The average molecular weight is 295 g/mol. The number of nitrogens with one attached hydrogen (secondary N) is 1. The molecule has 21 heavy (non-hydrogen) atoms. The molecule has 0 aliphatic carbocycles. The molecule has 0 heterocycles. The van der Waals surface area contributed by atoms with Crippen LogP contribution in [0.25, 0.3) is 0 Å². The fourth-order valence-corrected chi connectivity index (χ4v) is 2.08. The van der Waals surface area contributed by atoms with Crippen LogP contribution in [0.2, 0.25) is 0 Å². The summed E-state index contributed by atoms with van der Waals surface area (Å²) >= 11 is 0. The maximum atomic E-state index is 9.91. The standard InChI is InChI=1S/C17H29NO3/c1-4-10-20-11-6-9-18-12-16(19)13-21-17-14(2)7-5-8-15(17)3/h5,7-8,16,18-19H,4,6,9-13H2,1-3H3. The first-order valence-electron chi connectivity index (χ1n) is 7.80. The first-order chi connectivity index (χ1) is 10.1. The predicted octanol–water partition coefficient (Wildman–Crippen LogP) is 2.45. The summed E-state index contributed by atoms with van der Waals surface area (Å²) in [6.45, 7) is 9.44. The van der Waals surface area contributed by atoms with E-state index in [0.29, 0.717) is 13.2 Å².